The summed E-state index contributed by atoms with van der Waals surface area (Å²) < 4.78 is 0. The van der Waals surface area contributed by atoms with Crippen LogP contribution in [0.5, 0.6) is 0 Å². The highest BCUT2D eigenvalue weighted by Gasteiger charge is 2.48. The number of hydrogen-bond acceptors (Lipinski definition) is 2. The van der Waals surface area contributed by atoms with Crippen molar-refractivity contribution in [2.45, 2.75) is 111 Å². The Hall–Kier alpha value is -0.600. The van der Waals surface area contributed by atoms with E-state index >= 15 is 0 Å². The molecule has 29 heavy (non-hydrogen) atoms. The summed E-state index contributed by atoms with van der Waals surface area (Å²) in [6.45, 7) is 14.3. The summed E-state index contributed by atoms with van der Waals surface area (Å²) in [6.07, 6.45) is 13.6. The van der Waals surface area contributed by atoms with Crippen molar-refractivity contribution in [3.05, 3.63) is 33.0 Å². The number of hydrogen-bond donors (Lipinski definition) is 0. The van der Waals surface area contributed by atoms with Crippen molar-refractivity contribution in [2.75, 3.05) is 0 Å². The molecule has 0 saturated heterocycles. The summed E-state index contributed by atoms with van der Waals surface area (Å²) in [7, 11) is 0. The van der Waals surface area contributed by atoms with Crippen LogP contribution in [0.25, 0.3) is 9.75 Å². The molecule has 3 rings (SSSR count). The van der Waals surface area contributed by atoms with Crippen LogP contribution in [-0.2, 0) is 5.41 Å². The van der Waals surface area contributed by atoms with Crippen LogP contribution in [0.3, 0.4) is 0 Å². The third kappa shape index (κ3) is 4.40. The summed E-state index contributed by atoms with van der Waals surface area (Å²) in [5.74, 6) is 1.69. The maximum absolute atomic E-state index is 2.44. The molecule has 2 heteroatoms. The zero-order valence-corrected chi connectivity index (χ0v) is 21.3. The largest absolute Gasteiger partial charge is 0.142 e. The first kappa shape index (κ1) is 23.1. The number of aryl methyl sites for hydroxylation is 2. The monoisotopic (exact) mass is 430 g/mol. The van der Waals surface area contributed by atoms with E-state index in [1.54, 1.807) is 32.0 Å². The molecule has 1 aliphatic carbocycles. The van der Waals surface area contributed by atoms with Crippen LogP contribution < -0.4 is 0 Å². The maximum Gasteiger partial charge on any atom is 0.0489 e. The van der Waals surface area contributed by atoms with Gasteiger partial charge in [0.1, 0.15) is 0 Å². The highest BCUT2D eigenvalue weighted by molar-refractivity contribution is 7.21. The molecule has 0 bridgehead atoms. The fraction of sp³-hybridized carbons (Fsp3) is 0.704. The van der Waals surface area contributed by atoms with Gasteiger partial charge in [-0.1, -0.05) is 79.1 Å². The molecular formula is C27H42S2. The summed E-state index contributed by atoms with van der Waals surface area (Å²) in [6, 6.07) is 0. The van der Waals surface area contributed by atoms with Gasteiger partial charge in [-0.05, 0) is 71.5 Å². The van der Waals surface area contributed by atoms with Gasteiger partial charge in [0.05, 0.1) is 0 Å². The number of rotatable bonds is 12. The molecule has 2 aromatic rings. The van der Waals surface area contributed by atoms with Crippen molar-refractivity contribution >= 4 is 22.7 Å². The number of unbranched alkanes of at least 4 members (excludes halogenated alkanes) is 2. The van der Waals surface area contributed by atoms with Crippen molar-refractivity contribution in [2.24, 2.45) is 11.8 Å². The summed E-state index contributed by atoms with van der Waals surface area (Å²) in [5, 5.41) is 4.88. The van der Waals surface area contributed by atoms with Crippen molar-refractivity contribution in [1.29, 1.82) is 0 Å². The van der Waals surface area contributed by atoms with Gasteiger partial charge in [0, 0.05) is 15.2 Å². The second-order valence-corrected chi connectivity index (χ2v) is 11.3. The third-order valence-corrected chi connectivity index (χ3v) is 9.83. The highest BCUT2D eigenvalue weighted by atomic mass is 32.1. The molecule has 2 atom stereocenters. The molecule has 0 amide bonds. The Morgan fingerprint density at radius 2 is 1.14 bits per heavy atom. The minimum Gasteiger partial charge on any atom is -0.142 e. The van der Waals surface area contributed by atoms with Crippen LogP contribution in [-0.4, -0.2) is 0 Å². The average molecular weight is 431 g/mol. The Labute approximate surface area is 188 Å². The van der Waals surface area contributed by atoms with E-state index in [-0.39, 0.29) is 5.41 Å². The van der Waals surface area contributed by atoms with Crippen molar-refractivity contribution in [3.8, 4) is 9.75 Å². The molecule has 0 radical (unpaired) electrons. The second-order valence-electron chi connectivity index (χ2n) is 9.57. The predicted octanol–water partition coefficient (Wildman–Crippen LogP) is 9.91. The molecule has 0 saturated carbocycles. The normalized spacial score (nSPS) is 16.6. The van der Waals surface area contributed by atoms with E-state index in [4.69, 9.17) is 0 Å². The lowest BCUT2D eigenvalue weighted by Crippen LogP contribution is -2.32. The van der Waals surface area contributed by atoms with E-state index in [0.29, 0.717) is 0 Å². The molecule has 0 spiro atoms. The zero-order chi connectivity index (χ0) is 21.0. The lowest BCUT2D eigenvalue weighted by Gasteiger charge is -2.39. The molecule has 0 aromatic carbocycles. The molecule has 162 valence electrons. The maximum atomic E-state index is 2.44. The predicted molar refractivity (Wildman–Crippen MR) is 134 cm³/mol. The Morgan fingerprint density at radius 1 is 0.724 bits per heavy atom. The molecule has 1 aliphatic rings. The SMILES string of the molecule is CCCCC(CC)CC1(CC(CC)CCCC)c2c(C)csc2-c2scc(C)c21. The number of fused-ring (bicyclic) bond motifs is 3. The van der Waals surface area contributed by atoms with Gasteiger partial charge in [0.2, 0.25) is 0 Å². The smallest absolute Gasteiger partial charge is 0.0489 e. The summed E-state index contributed by atoms with van der Waals surface area (Å²) in [5.41, 5.74) is 6.85. The first-order valence-electron chi connectivity index (χ1n) is 12.2. The van der Waals surface area contributed by atoms with Crippen LogP contribution in [0.4, 0.5) is 0 Å². The van der Waals surface area contributed by atoms with Gasteiger partial charge in [0.15, 0.2) is 0 Å². The van der Waals surface area contributed by atoms with Gasteiger partial charge in [-0.15, -0.1) is 22.7 Å². The summed E-state index contributed by atoms with van der Waals surface area (Å²) >= 11 is 4.02. The van der Waals surface area contributed by atoms with E-state index in [0.717, 1.165) is 11.8 Å². The van der Waals surface area contributed by atoms with E-state index in [1.807, 2.05) is 22.7 Å². The lowest BCUT2D eigenvalue weighted by molar-refractivity contribution is 0.265. The molecule has 2 unspecified atom stereocenters. The number of thiophene rings is 2. The Balaban J connectivity index is 2.09. The van der Waals surface area contributed by atoms with Crippen LogP contribution in [0.15, 0.2) is 10.8 Å². The molecule has 0 fully saturated rings. The quantitative estimate of drug-likeness (QED) is 0.314. The minimum atomic E-state index is 0.266. The summed E-state index contributed by atoms with van der Waals surface area (Å²) in [4.78, 5) is 3.23. The van der Waals surface area contributed by atoms with Gasteiger partial charge in [-0.2, -0.15) is 0 Å². The third-order valence-electron chi connectivity index (χ3n) is 7.47. The van der Waals surface area contributed by atoms with Crippen LogP contribution in [0.1, 0.15) is 114 Å². The van der Waals surface area contributed by atoms with Gasteiger partial charge < -0.3 is 0 Å². The molecule has 2 aromatic heterocycles. The zero-order valence-electron chi connectivity index (χ0n) is 19.7. The van der Waals surface area contributed by atoms with Gasteiger partial charge >= 0.3 is 0 Å². The molecule has 0 aliphatic heterocycles. The van der Waals surface area contributed by atoms with Gasteiger partial charge in [-0.25, -0.2) is 0 Å². The second kappa shape index (κ2) is 10.1. The fourth-order valence-corrected chi connectivity index (χ4v) is 8.38. The molecule has 0 N–H and O–H groups in total. The Kier molecular flexibility index (Phi) is 8.07. The van der Waals surface area contributed by atoms with E-state index < -0.39 is 0 Å². The molecular weight excluding hydrogens is 388 g/mol. The van der Waals surface area contributed by atoms with Gasteiger partial charge in [0.25, 0.3) is 0 Å². The van der Waals surface area contributed by atoms with Crippen LogP contribution >= 0.6 is 22.7 Å². The topological polar surface area (TPSA) is 0 Å². The first-order chi connectivity index (χ1) is 14.0. The van der Waals surface area contributed by atoms with E-state index in [9.17, 15) is 0 Å². The average Bonchev–Trinajstić information content (AvgIpc) is 3.37. The Morgan fingerprint density at radius 3 is 1.48 bits per heavy atom. The fourth-order valence-electron chi connectivity index (χ4n) is 5.90. The molecule has 0 nitrogen and oxygen atoms in total. The lowest BCUT2D eigenvalue weighted by atomic mass is 9.64. The van der Waals surface area contributed by atoms with E-state index in [1.165, 1.54) is 64.2 Å². The van der Waals surface area contributed by atoms with Crippen molar-refractivity contribution in [3.63, 3.8) is 0 Å². The van der Waals surface area contributed by atoms with Crippen LogP contribution in [0, 0.1) is 25.7 Å². The molecule has 2 heterocycles. The first-order valence-corrected chi connectivity index (χ1v) is 14.0. The standard InChI is InChI=1S/C27H42S2/c1-7-11-13-21(9-3)15-27(16-22(10-4)14-12-8-2)23-19(5)17-28-25(23)26-24(27)20(6)18-29-26/h17-18,21-22H,7-16H2,1-6H3. The Bertz CT molecular complexity index is 712. The van der Waals surface area contributed by atoms with Crippen molar-refractivity contribution < 1.29 is 0 Å². The minimum absolute atomic E-state index is 0.266. The van der Waals surface area contributed by atoms with Crippen molar-refractivity contribution in [1.82, 2.24) is 0 Å². The highest BCUT2D eigenvalue weighted by Crippen LogP contribution is 2.61. The van der Waals surface area contributed by atoms with Gasteiger partial charge in [-0.3, -0.25) is 0 Å². The van der Waals surface area contributed by atoms with E-state index in [2.05, 4.69) is 52.3 Å². The van der Waals surface area contributed by atoms with Crippen LogP contribution in [0.2, 0.25) is 0 Å².